The molecule has 4 heteroatoms. The molecule has 0 saturated carbocycles. The Morgan fingerprint density at radius 3 is 1.18 bits per heavy atom. The van der Waals surface area contributed by atoms with Crippen LogP contribution in [0.3, 0.4) is 0 Å². The average molecular weight is 655 g/mol. The molecular formula is C47H34N4. The second kappa shape index (κ2) is 12.9. The molecule has 8 rings (SSSR count). The van der Waals surface area contributed by atoms with E-state index in [1.165, 1.54) is 27.8 Å². The van der Waals surface area contributed by atoms with Gasteiger partial charge in [0, 0.05) is 39.5 Å². The average Bonchev–Trinajstić information content (AvgIpc) is 3.41. The van der Waals surface area contributed by atoms with E-state index in [1.54, 1.807) is 0 Å². The van der Waals surface area contributed by atoms with Crippen LogP contribution >= 0.6 is 0 Å². The summed E-state index contributed by atoms with van der Waals surface area (Å²) in [6, 6.07) is 63.0. The van der Waals surface area contributed by atoms with Crippen molar-refractivity contribution in [1.82, 2.24) is 0 Å². The largest absolute Gasteiger partial charge is 0.310 e. The molecule has 242 valence electrons. The SMILES string of the molecule is CC1(C)c2cc(N(c3ccccc3)c3ccc(C#N)cc3)ccc2-c2ccc(N(c3ccc(C#N)cc3)c3ccc(-c4ccccc4)cc3)cc21. The Balaban J connectivity index is 1.21. The number of anilines is 6. The van der Waals surface area contributed by atoms with E-state index in [0.29, 0.717) is 11.1 Å². The van der Waals surface area contributed by atoms with Gasteiger partial charge in [0.05, 0.1) is 23.3 Å². The van der Waals surface area contributed by atoms with Gasteiger partial charge in [0.2, 0.25) is 0 Å². The molecule has 0 saturated heterocycles. The molecule has 0 atom stereocenters. The van der Waals surface area contributed by atoms with E-state index in [4.69, 9.17) is 0 Å². The van der Waals surface area contributed by atoms with Gasteiger partial charge in [0.1, 0.15) is 0 Å². The minimum Gasteiger partial charge on any atom is -0.310 e. The lowest BCUT2D eigenvalue weighted by Gasteiger charge is -2.29. The fourth-order valence-electron chi connectivity index (χ4n) is 7.27. The molecule has 0 fully saturated rings. The van der Waals surface area contributed by atoms with E-state index >= 15 is 0 Å². The van der Waals surface area contributed by atoms with Crippen molar-refractivity contribution in [3.8, 4) is 34.4 Å². The fraction of sp³-hybridized carbons (Fsp3) is 0.0638. The van der Waals surface area contributed by atoms with Crippen LogP contribution in [0.5, 0.6) is 0 Å². The first kappa shape index (κ1) is 31.4. The molecule has 0 aromatic heterocycles. The van der Waals surface area contributed by atoms with E-state index < -0.39 is 0 Å². The van der Waals surface area contributed by atoms with Gasteiger partial charge >= 0.3 is 0 Å². The summed E-state index contributed by atoms with van der Waals surface area (Å²) in [6.45, 7) is 4.61. The zero-order valence-electron chi connectivity index (χ0n) is 28.5. The molecule has 51 heavy (non-hydrogen) atoms. The lowest BCUT2D eigenvalue weighted by molar-refractivity contribution is 0.660. The van der Waals surface area contributed by atoms with Crippen LogP contribution < -0.4 is 9.80 Å². The zero-order valence-corrected chi connectivity index (χ0v) is 28.5. The third-order valence-electron chi connectivity index (χ3n) is 9.92. The number of nitriles is 2. The maximum atomic E-state index is 9.52. The lowest BCUT2D eigenvalue weighted by Crippen LogP contribution is -2.17. The minimum absolute atomic E-state index is 0.281. The quantitative estimate of drug-likeness (QED) is 0.172. The molecule has 7 aromatic carbocycles. The summed E-state index contributed by atoms with van der Waals surface area (Å²) >= 11 is 0. The first-order valence-electron chi connectivity index (χ1n) is 17.1. The number of nitrogens with zero attached hydrogens (tertiary/aromatic N) is 4. The third-order valence-corrected chi connectivity index (χ3v) is 9.92. The van der Waals surface area contributed by atoms with Crippen molar-refractivity contribution in [2.24, 2.45) is 0 Å². The predicted octanol–water partition coefficient (Wildman–Crippen LogP) is 12.3. The summed E-state index contributed by atoms with van der Waals surface area (Å²) in [7, 11) is 0. The highest BCUT2D eigenvalue weighted by molar-refractivity contribution is 5.88. The normalized spacial score (nSPS) is 12.2. The Bertz CT molecular complexity index is 2430. The topological polar surface area (TPSA) is 54.1 Å². The zero-order chi connectivity index (χ0) is 35.0. The molecular weight excluding hydrogens is 621 g/mol. The van der Waals surface area contributed by atoms with Crippen LogP contribution in [0.15, 0.2) is 170 Å². The van der Waals surface area contributed by atoms with Crippen molar-refractivity contribution in [3.63, 3.8) is 0 Å². The number of fused-ring (bicyclic) bond motifs is 3. The van der Waals surface area contributed by atoms with E-state index in [2.05, 4.69) is 145 Å². The van der Waals surface area contributed by atoms with E-state index in [-0.39, 0.29) is 5.41 Å². The highest BCUT2D eigenvalue weighted by Crippen LogP contribution is 2.52. The van der Waals surface area contributed by atoms with Crippen LogP contribution in [0.25, 0.3) is 22.3 Å². The minimum atomic E-state index is -0.281. The van der Waals surface area contributed by atoms with Crippen LogP contribution in [0, 0.1) is 22.7 Å². The van der Waals surface area contributed by atoms with Crippen LogP contribution in [0.1, 0.15) is 36.1 Å². The van der Waals surface area contributed by atoms with Crippen LogP contribution in [0.4, 0.5) is 34.1 Å². The van der Waals surface area contributed by atoms with Gasteiger partial charge in [-0.25, -0.2) is 0 Å². The molecule has 0 amide bonds. The summed E-state index contributed by atoms with van der Waals surface area (Å²) in [5.74, 6) is 0. The molecule has 0 unspecified atom stereocenters. The van der Waals surface area contributed by atoms with Gasteiger partial charge in [0.15, 0.2) is 0 Å². The van der Waals surface area contributed by atoms with Gasteiger partial charge < -0.3 is 9.80 Å². The molecule has 4 nitrogen and oxygen atoms in total. The van der Waals surface area contributed by atoms with Gasteiger partial charge in [0.25, 0.3) is 0 Å². The molecule has 7 aromatic rings. The summed E-state index contributed by atoms with van der Waals surface area (Å²) in [5, 5.41) is 18.9. The Morgan fingerprint density at radius 2 is 0.745 bits per heavy atom. The molecule has 1 aliphatic carbocycles. The van der Waals surface area contributed by atoms with Crippen molar-refractivity contribution < 1.29 is 0 Å². The summed E-state index contributed by atoms with van der Waals surface area (Å²) in [4.78, 5) is 4.51. The van der Waals surface area contributed by atoms with Crippen molar-refractivity contribution in [3.05, 3.63) is 192 Å². The van der Waals surface area contributed by atoms with Gasteiger partial charge in [-0.1, -0.05) is 86.6 Å². The van der Waals surface area contributed by atoms with Gasteiger partial charge in [-0.15, -0.1) is 0 Å². The van der Waals surface area contributed by atoms with E-state index in [1.807, 2.05) is 60.7 Å². The van der Waals surface area contributed by atoms with Crippen molar-refractivity contribution in [2.75, 3.05) is 9.80 Å². The van der Waals surface area contributed by atoms with Gasteiger partial charge in [-0.05, 0) is 130 Å². The molecule has 0 N–H and O–H groups in total. The second-order valence-electron chi connectivity index (χ2n) is 13.3. The van der Waals surface area contributed by atoms with E-state index in [0.717, 1.165) is 39.7 Å². The van der Waals surface area contributed by atoms with Crippen LogP contribution in [-0.2, 0) is 5.41 Å². The maximum Gasteiger partial charge on any atom is 0.0991 e. The summed E-state index contributed by atoms with van der Waals surface area (Å²) in [6.07, 6.45) is 0. The third kappa shape index (κ3) is 5.70. The Morgan fingerprint density at radius 1 is 0.392 bits per heavy atom. The summed E-state index contributed by atoms with van der Waals surface area (Å²) < 4.78 is 0. The molecule has 1 aliphatic rings. The number of hydrogen-bond acceptors (Lipinski definition) is 4. The maximum absolute atomic E-state index is 9.52. The predicted molar refractivity (Wildman–Crippen MR) is 208 cm³/mol. The molecule has 0 heterocycles. The first-order valence-corrected chi connectivity index (χ1v) is 17.1. The van der Waals surface area contributed by atoms with Gasteiger partial charge in [-0.3, -0.25) is 0 Å². The Kier molecular flexibility index (Phi) is 7.92. The Hall–Kier alpha value is -6.88. The highest BCUT2D eigenvalue weighted by Gasteiger charge is 2.37. The number of para-hydroxylation sites is 1. The number of benzene rings is 7. The number of rotatable bonds is 7. The standard InChI is InChI=1S/C47H34N4/c1-47(2)45-29-41(50(37-11-7-4-8-12-37)38-19-13-33(31-48)14-20-38)25-27-43(45)44-28-26-42(30-46(44)47)51(39-21-15-34(32-49)16-22-39)40-23-17-36(18-24-40)35-9-5-3-6-10-35/h3-30H,1-2H3. The number of hydrogen-bond donors (Lipinski definition) is 0. The molecule has 0 radical (unpaired) electrons. The molecule has 0 aliphatic heterocycles. The van der Waals surface area contributed by atoms with Crippen LogP contribution in [-0.4, -0.2) is 0 Å². The van der Waals surface area contributed by atoms with Crippen molar-refractivity contribution in [1.29, 1.82) is 10.5 Å². The van der Waals surface area contributed by atoms with Crippen molar-refractivity contribution >= 4 is 34.1 Å². The fourth-order valence-corrected chi connectivity index (χ4v) is 7.27. The van der Waals surface area contributed by atoms with Crippen molar-refractivity contribution in [2.45, 2.75) is 19.3 Å². The lowest BCUT2D eigenvalue weighted by atomic mass is 9.82. The van der Waals surface area contributed by atoms with Crippen LogP contribution in [0.2, 0.25) is 0 Å². The smallest absolute Gasteiger partial charge is 0.0991 e. The molecule has 0 bridgehead atoms. The van der Waals surface area contributed by atoms with Gasteiger partial charge in [-0.2, -0.15) is 10.5 Å². The highest BCUT2D eigenvalue weighted by atomic mass is 15.1. The molecule has 0 spiro atoms. The Labute approximate surface area is 299 Å². The summed E-state index contributed by atoms with van der Waals surface area (Å²) in [5.41, 5.74) is 14.5. The van der Waals surface area contributed by atoms with E-state index in [9.17, 15) is 10.5 Å². The first-order chi connectivity index (χ1) is 24.9. The monoisotopic (exact) mass is 654 g/mol. The second-order valence-corrected chi connectivity index (χ2v) is 13.3.